The molecule has 34 heavy (non-hydrogen) atoms. The molecule has 2 aliphatic heterocycles. The van der Waals surface area contributed by atoms with E-state index in [1.54, 1.807) is 23.5 Å². The van der Waals surface area contributed by atoms with Crippen LogP contribution in [-0.2, 0) is 16.6 Å². The van der Waals surface area contributed by atoms with Crippen molar-refractivity contribution in [1.29, 1.82) is 0 Å². The Bertz CT molecular complexity index is 1190. The number of hydrogen-bond donors (Lipinski definition) is 1. The van der Waals surface area contributed by atoms with Gasteiger partial charge < -0.3 is 14.7 Å². The van der Waals surface area contributed by atoms with Gasteiger partial charge in [0.25, 0.3) is 0 Å². The molecule has 1 spiro atoms. The van der Waals surface area contributed by atoms with E-state index >= 15 is 0 Å². The molecule has 5 nitrogen and oxygen atoms in total. The average Bonchev–Trinajstić information content (AvgIpc) is 3.40. The third-order valence-electron chi connectivity index (χ3n) is 8.61. The predicted octanol–water partition coefficient (Wildman–Crippen LogP) is 4.98. The van der Waals surface area contributed by atoms with Crippen molar-refractivity contribution in [3.63, 3.8) is 0 Å². The fourth-order valence-electron chi connectivity index (χ4n) is 7.25. The molecule has 178 valence electrons. The zero-order chi connectivity index (χ0) is 23.6. The molecular formula is C27H29BrN2O3S. The minimum absolute atomic E-state index is 0.00320. The minimum atomic E-state index is -0.149. The number of carbonyl (C=O) groups is 1. The number of benzene rings is 1. The highest BCUT2D eigenvalue weighted by Crippen LogP contribution is 2.63. The highest BCUT2D eigenvalue weighted by molar-refractivity contribution is 9.10. The lowest BCUT2D eigenvalue weighted by atomic mass is 9.51. The number of thiophene rings is 1. The molecule has 3 heterocycles. The maximum absolute atomic E-state index is 13.2. The van der Waals surface area contributed by atoms with Crippen LogP contribution in [0.25, 0.3) is 6.08 Å². The molecule has 1 amide bonds. The zero-order valence-electron chi connectivity index (χ0n) is 19.2. The monoisotopic (exact) mass is 540 g/mol. The maximum atomic E-state index is 13.2. The van der Waals surface area contributed by atoms with E-state index in [1.165, 1.54) is 5.56 Å². The van der Waals surface area contributed by atoms with Crippen molar-refractivity contribution < 1.29 is 14.6 Å². The Morgan fingerprint density at radius 1 is 1.44 bits per heavy atom. The van der Waals surface area contributed by atoms with Gasteiger partial charge in [-0.1, -0.05) is 6.08 Å². The van der Waals surface area contributed by atoms with E-state index in [9.17, 15) is 9.90 Å². The Morgan fingerprint density at radius 2 is 2.29 bits per heavy atom. The Hall–Kier alpha value is -2.09. The van der Waals surface area contributed by atoms with Crippen LogP contribution in [0.4, 0.5) is 0 Å². The van der Waals surface area contributed by atoms with Crippen molar-refractivity contribution in [2.75, 3.05) is 20.1 Å². The molecule has 1 N–H and O–H groups in total. The highest BCUT2D eigenvalue weighted by Gasteiger charge is 2.66. The van der Waals surface area contributed by atoms with Crippen LogP contribution in [0.2, 0.25) is 0 Å². The van der Waals surface area contributed by atoms with E-state index in [1.807, 2.05) is 41.6 Å². The van der Waals surface area contributed by atoms with E-state index in [2.05, 4.69) is 27.4 Å². The van der Waals surface area contributed by atoms with Crippen LogP contribution in [0.15, 0.2) is 46.8 Å². The topological polar surface area (TPSA) is 53.0 Å². The Morgan fingerprint density at radius 3 is 3.06 bits per heavy atom. The van der Waals surface area contributed by atoms with E-state index < -0.39 is 0 Å². The summed E-state index contributed by atoms with van der Waals surface area (Å²) in [5.74, 6) is 1.75. The number of hydrogen-bond acceptors (Lipinski definition) is 5. The van der Waals surface area contributed by atoms with Crippen molar-refractivity contribution in [3.8, 4) is 11.5 Å². The summed E-state index contributed by atoms with van der Waals surface area (Å²) >= 11 is 5.08. The lowest BCUT2D eigenvalue weighted by molar-refractivity contribution is -0.135. The van der Waals surface area contributed by atoms with Gasteiger partial charge in [0, 0.05) is 57.0 Å². The average molecular weight is 542 g/mol. The largest absolute Gasteiger partial charge is 0.508 e. The Balaban J connectivity index is 1.35. The molecule has 6 rings (SSSR count). The lowest BCUT2D eigenvalue weighted by Crippen LogP contribution is -2.68. The maximum Gasteiger partial charge on any atom is 0.246 e. The summed E-state index contributed by atoms with van der Waals surface area (Å²) in [6, 6.07) is 6.09. The number of rotatable bonds is 5. The zero-order valence-corrected chi connectivity index (χ0v) is 21.6. The quantitative estimate of drug-likeness (QED) is 0.429. The van der Waals surface area contributed by atoms with Crippen molar-refractivity contribution in [3.05, 3.63) is 62.8 Å². The molecular weight excluding hydrogens is 512 g/mol. The summed E-state index contributed by atoms with van der Waals surface area (Å²) in [6.07, 6.45) is 9.28. The molecule has 5 atom stereocenters. The first kappa shape index (κ1) is 22.4. The number of amides is 1. The van der Waals surface area contributed by atoms with Gasteiger partial charge >= 0.3 is 0 Å². The fraction of sp³-hybridized carbons (Fsp3) is 0.444. The summed E-state index contributed by atoms with van der Waals surface area (Å²) < 4.78 is 7.74. The van der Waals surface area contributed by atoms with Gasteiger partial charge in [-0.05, 0) is 78.4 Å². The van der Waals surface area contributed by atoms with E-state index in [0.29, 0.717) is 17.7 Å². The van der Waals surface area contributed by atoms with Crippen LogP contribution >= 0.6 is 27.3 Å². The molecule has 1 aromatic carbocycles. The summed E-state index contributed by atoms with van der Waals surface area (Å²) in [4.78, 5) is 18.7. The van der Waals surface area contributed by atoms with E-state index in [-0.39, 0.29) is 23.5 Å². The molecule has 4 aliphatic rings. The van der Waals surface area contributed by atoms with Gasteiger partial charge in [0.05, 0.1) is 6.04 Å². The number of likely N-dealkylation sites (tertiary alicyclic amines) is 1. The molecule has 1 aromatic heterocycles. The molecule has 1 saturated heterocycles. The van der Waals surface area contributed by atoms with Gasteiger partial charge in [0.2, 0.25) is 5.91 Å². The second kappa shape index (κ2) is 8.25. The van der Waals surface area contributed by atoms with Gasteiger partial charge in [-0.15, -0.1) is 17.9 Å². The summed E-state index contributed by atoms with van der Waals surface area (Å²) in [5, 5.41) is 12.8. The predicted molar refractivity (Wildman–Crippen MR) is 138 cm³/mol. The van der Waals surface area contributed by atoms with Crippen LogP contribution in [-0.4, -0.2) is 59.1 Å². The second-order valence-corrected chi connectivity index (χ2v) is 11.9. The van der Waals surface area contributed by atoms with Crippen LogP contribution in [0, 0.1) is 5.92 Å². The standard InChI is InChI=1S/C27H29BrN2O3S/c1-3-11-30-12-10-27-19-5-6-20(29(2)24(32)9-4-17-13-16(28)15-34-17)26(27)33-23-8-7-22(31)18(25(23)27)14-21(19)30/h3-4,7-9,13,15,19-21,26,31H,1,5-6,10-12,14H2,2H3/b9-4+/t19-,20-,21+,26-,27-/m0/s1. The first-order valence-electron chi connectivity index (χ1n) is 12.0. The second-order valence-electron chi connectivity index (χ2n) is 10.0. The number of carbonyl (C=O) groups excluding carboxylic acids is 1. The van der Waals surface area contributed by atoms with Crippen LogP contribution in [0.3, 0.4) is 0 Å². The first-order chi connectivity index (χ1) is 16.4. The Labute approximate surface area is 212 Å². The van der Waals surface area contributed by atoms with Gasteiger partial charge in [-0.25, -0.2) is 0 Å². The molecule has 2 fully saturated rings. The molecule has 0 unspecified atom stereocenters. The van der Waals surface area contributed by atoms with Gasteiger partial charge in [0.15, 0.2) is 0 Å². The smallest absolute Gasteiger partial charge is 0.246 e. The van der Waals surface area contributed by atoms with Crippen LogP contribution in [0.1, 0.15) is 35.3 Å². The molecule has 7 heteroatoms. The number of ether oxygens (including phenoxy) is 1. The van der Waals surface area contributed by atoms with Crippen molar-refractivity contribution in [2.24, 2.45) is 5.92 Å². The third kappa shape index (κ3) is 3.16. The molecule has 2 bridgehead atoms. The number of piperidine rings is 1. The van der Waals surface area contributed by atoms with Crippen molar-refractivity contribution in [2.45, 2.75) is 49.3 Å². The van der Waals surface area contributed by atoms with Crippen molar-refractivity contribution >= 4 is 39.2 Å². The van der Waals surface area contributed by atoms with Gasteiger partial charge in [-0.2, -0.15) is 0 Å². The first-order valence-corrected chi connectivity index (χ1v) is 13.7. The minimum Gasteiger partial charge on any atom is -0.508 e. The molecule has 1 saturated carbocycles. The molecule has 2 aliphatic carbocycles. The lowest BCUT2D eigenvalue weighted by Gasteiger charge is -2.60. The third-order valence-corrected chi connectivity index (χ3v) is 10.3. The van der Waals surface area contributed by atoms with Crippen molar-refractivity contribution in [1.82, 2.24) is 9.80 Å². The number of aromatic hydroxyl groups is 1. The number of halogens is 1. The normalized spacial score (nSPS) is 31.2. The van der Waals surface area contributed by atoms with Gasteiger partial charge in [0.1, 0.15) is 17.6 Å². The number of nitrogens with zero attached hydrogens (tertiary/aromatic N) is 2. The summed E-state index contributed by atoms with van der Waals surface area (Å²) in [7, 11) is 1.91. The molecule has 0 radical (unpaired) electrons. The molecule has 2 aromatic rings. The van der Waals surface area contributed by atoms with E-state index in [4.69, 9.17) is 4.74 Å². The SMILES string of the molecule is C=CCN1CC[C@@]23c4c5ccc(O)c4C[C@@H]1[C@@H]2CC[C@H](N(C)C(=O)/C=C/c1cc(Br)cs1)[C@@H]3O5. The van der Waals surface area contributed by atoms with Gasteiger partial charge in [-0.3, -0.25) is 9.69 Å². The van der Waals surface area contributed by atoms with Crippen LogP contribution < -0.4 is 4.74 Å². The number of likely N-dealkylation sites (N-methyl/N-ethyl adjacent to an activating group) is 1. The Kier molecular flexibility index (Phi) is 5.43. The fourth-order valence-corrected chi connectivity index (χ4v) is 8.59. The highest BCUT2D eigenvalue weighted by atomic mass is 79.9. The number of phenols is 1. The van der Waals surface area contributed by atoms with Crippen LogP contribution in [0.5, 0.6) is 11.5 Å². The summed E-state index contributed by atoms with van der Waals surface area (Å²) in [6.45, 7) is 5.83. The summed E-state index contributed by atoms with van der Waals surface area (Å²) in [5.41, 5.74) is 2.12. The van der Waals surface area contributed by atoms with E-state index in [0.717, 1.165) is 59.4 Å². The number of phenolic OH excluding ortho intramolecular Hbond substituents is 1.